The minimum Gasteiger partial charge on any atom is -0.302 e. The Balaban J connectivity index is 2.63. The molecule has 0 aliphatic carbocycles. The number of aromatic nitrogens is 2. The highest BCUT2D eigenvalue weighted by molar-refractivity contribution is 14.1. The summed E-state index contributed by atoms with van der Waals surface area (Å²) in [5, 5.41) is 0. The van der Waals surface area contributed by atoms with Crippen molar-refractivity contribution in [3.05, 3.63) is 30.0 Å². The van der Waals surface area contributed by atoms with E-state index in [2.05, 4.69) is 33.3 Å². The standard InChI is InChI=1S/C7H5IN2/c8-6-2-1-4-10-5-3-9-7(6)10/h2-6H. The fourth-order valence-electron chi connectivity index (χ4n) is 0.930. The molecule has 0 amide bonds. The molecule has 0 saturated heterocycles. The molecule has 0 aromatic carbocycles. The Morgan fingerprint density at radius 2 is 2.60 bits per heavy atom. The van der Waals surface area contributed by atoms with Gasteiger partial charge in [0, 0.05) is 12.4 Å². The Morgan fingerprint density at radius 3 is 3.40 bits per heavy atom. The topological polar surface area (TPSA) is 17.8 Å². The number of hydrogen-bond donors (Lipinski definition) is 0. The first-order valence-electron chi connectivity index (χ1n) is 2.97. The SMILES string of the molecule is IC1C=C=Cn2ccnc21. The molecule has 1 atom stereocenters. The van der Waals surface area contributed by atoms with E-state index in [4.69, 9.17) is 0 Å². The average molecular weight is 244 g/mol. The monoisotopic (exact) mass is 244 g/mol. The molecular formula is C7H5IN2. The molecule has 2 nitrogen and oxygen atoms in total. The number of halogens is 1. The summed E-state index contributed by atoms with van der Waals surface area (Å²) in [4.78, 5) is 4.19. The maximum Gasteiger partial charge on any atom is 0.130 e. The summed E-state index contributed by atoms with van der Waals surface area (Å²) in [7, 11) is 0. The van der Waals surface area contributed by atoms with E-state index in [9.17, 15) is 0 Å². The van der Waals surface area contributed by atoms with Gasteiger partial charge in [-0.25, -0.2) is 4.98 Å². The predicted octanol–water partition coefficient (Wildman–Crippen LogP) is 2.00. The normalized spacial score (nSPS) is 21.1. The third-order valence-corrected chi connectivity index (χ3v) is 2.32. The van der Waals surface area contributed by atoms with Crippen LogP contribution in [0.5, 0.6) is 0 Å². The van der Waals surface area contributed by atoms with Gasteiger partial charge in [0.15, 0.2) is 0 Å². The van der Waals surface area contributed by atoms with E-state index in [1.807, 2.05) is 23.0 Å². The molecule has 1 aliphatic rings. The summed E-state index contributed by atoms with van der Waals surface area (Å²) in [5.41, 5.74) is 3.04. The van der Waals surface area contributed by atoms with Crippen LogP contribution in [0.3, 0.4) is 0 Å². The highest BCUT2D eigenvalue weighted by atomic mass is 127. The van der Waals surface area contributed by atoms with Crippen molar-refractivity contribution in [1.29, 1.82) is 0 Å². The molecule has 0 N–H and O–H groups in total. The third kappa shape index (κ3) is 0.822. The summed E-state index contributed by atoms with van der Waals surface area (Å²) in [6.07, 6.45) is 7.62. The number of allylic oxidation sites excluding steroid dienone is 1. The maximum atomic E-state index is 4.19. The lowest BCUT2D eigenvalue weighted by Gasteiger charge is -2.06. The highest BCUT2D eigenvalue weighted by Crippen LogP contribution is 2.24. The summed E-state index contributed by atoms with van der Waals surface area (Å²) in [5.74, 6) is 1.08. The van der Waals surface area contributed by atoms with E-state index in [1.54, 1.807) is 6.20 Å². The first-order chi connectivity index (χ1) is 4.88. The van der Waals surface area contributed by atoms with Crippen LogP contribution in [0.4, 0.5) is 0 Å². The first-order valence-corrected chi connectivity index (χ1v) is 4.22. The zero-order chi connectivity index (χ0) is 6.97. The number of nitrogens with zero attached hydrogens (tertiary/aromatic N) is 2. The van der Waals surface area contributed by atoms with Crippen molar-refractivity contribution in [2.75, 3.05) is 0 Å². The van der Waals surface area contributed by atoms with Crippen LogP contribution in [0.25, 0.3) is 6.20 Å². The van der Waals surface area contributed by atoms with Crippen LogP contribution in [-0.2, 0) is 0 Å². The summed E-state index contributed by atoms with van der Waals surface area (Å²) < 4.78 is 2.36. The largest absolute Gasteiger partial charge is 0.302 e. The smallest absolute Gasteiger partial charge is 0.130 e. The van der Waals surface area contributed by atoms with E-state index >= 15 is 0 Å². The van der Waals surface area contributed by atoms with Crippen molar-refractivity contribution in [1.82, 2.24) is 9.55 Å². The predicted molar refractivity (Wildman–Crippen MR) is 47.8 cm³/mol. The lowest BCUT2D eigenvalue weighted by Crippen LogP contribution is -1.98. The Morgan fingerprint density at radius 1 is 1.70 bits per heavy atom. The van der Waals surface area contributed by atoms with Crippen LogP contribution in [0.15, 0.2) is 24.2 Å². The number of imidazole rings is 1. The number of fused-ring (bicyclic) bond motifs is 1. The highest BCUT2D eigenvalue weighted by Gasteiger charge is 2.10. The van der Waals surface area contributed by atoms with Crippen LogP contribution < -0.4 is 0 Å². The van der Waals surface area contributed by atoms with Gasteiger partial charge in [-0.3, -0.25) is 0 Å². The fourth-order valence-corrected chi connectivity index (χ4v) is 1.62. The van der Waals surface area contributed by atoms with Gasteiger partial charge in [-0.15, -0.1) is 5.73 Å². The van der Waals surface area contributed by atoms with E-state index < -0.39 is 0 Å². The summed E-state index contributed by atoms with van der Waals surface area (Å²) in [6.45, 7) is 0. The molecule has 2 rings (SSSR count). The first kappa shape index (κ1) is 6.19. The molecule has 0 spiro atoms. The number of rotatable bonds is 0. The molecule has 2 heterocycles. The van der Waals surface area contributed by atoms with E-state index in [0.717, 1.165) is 5.82 Å². The van der Waals surface area contributed by atoms with Crippen molar-refractivity contribution in [2.24, 2.45) is 0 Å². The van der Waals surface area contributed by atoms with Gasteiger partial charge in [0.1, 0.15) is 5.82 Å². The van der Waals surface area contributed by atoms with Crippen LogP contribution in [0.1, 0.15) is 9.75 Å². The number of alkyl halides is 1. The van der Waals surface area contributed by atoms with E-state index in [-0.39, 0.29) is 0 Å². The molecule has 0 bridgehead atoms. The third-order valence-electron chi connectivity index (χ3n) is 1.40. The van der Waals surface area contributed by atoms with E-state index in [1.165, 1.54) is 0 Å². The van der Waals surface area contributed by atoms with Gasteiger partial charge in [0.05, 0.1) is 10.1 Å². The van der Waals surface area contributed by atoms with Crippen molar-refractivity contribution >= 4 is 28.8 Å². The van der Waals surface area contributed by atoms with Crippen LogP contribution in [0, 0.1) is 0 Å². The van der Waals surface area contributed by atoms with E-state index in [0.29, 0.717) is 3.92 Å². The molecule has 0 saturated carbocycles. The van der Waals surface area contributed by atoms with Crippen LogP contribution in [0.2, 0.25) is 0 Å². The molecule has 1 aromatic rings. The zero-order valence-corrected chi connectivity index (χ0v) is 7.32. The maximum absolute atomic E-state index is 4.19. The summed E-state index contributed by atoms with van der Waals surface area (Å²) in [6, 6.07) is 0. The second kappa shape index (κ2) is 2.25. The Hall–Kier alpha value is -0.540. The minimum atomic E-state index is 0.373. The molecule has 50 valence electrons. The Labute approximate surface area is 72.4 Å². The molecular weight excluding hydrogens is 239 g/mol. The Bertz CT molecular complexity index is 307. The molecule has 3 heteroatoms. The minimum absolute atomic E-state index is 0.373. The van der Waals surface area contributed by atoms with Gasteiger partial charge in [-0.1, -0.05) is 22.6 Å². The fraction of sp³-hybridized carbons (Fsp3) is 0.143. The molecule has 0 radical (unpaired) electrons. The van der Waals surface area contributed by atoms with Gasteiger partial charge in [0.2, 0.25) is 0 Å². The molecule has 1 aliphatic heterocycles. The van der Waals surface area contributed by atoms with Crippen molar-refractivity contribution in [3.8, 4) is 0 Å². The molecule has 1 aromatic heterocycles. The van der Waals surface area contributed by atoms with Gasteiger partial charge in [-0.2, -0.15) is 0 Å². The molecule has 1 unspecified atom stereocenters. The average Bonchev–Trinajstić information content (AvgIpc) is 2.36. The molecule has 10 heavy (non-hydrogen) atoms. The quantitative estimate of drug-likeness (QED) is 0.387. The van der Waals surface area contributed by atoms with Gasteiger partial charge in [-0.05, 0) is 6.08 Å². The van der Waals surface area contributed by atoms with Gasteiger partial charge < -0.3 is 4.57 Å². The van der Waals surface area contributed by atoms with Crippen molar-refractivity contribution < 1.29 is 0 Å². The van der Waals surface area contributed by atoms with Gasteiger partial charge >= 0.3 is 0 Å². The Kier molecular flexibility index (Phi) is 1.39. The van der Waals surface area contributed by atoms with Crippen LogP contribution in [-0.4, -0.2) is 9.55 Å². The second-order valence-corrected chi connectivity index (χ2v) is 3.40. The zero-order valence-electron chi connectivity index (χ0n) is 5.16. The molecule has 0 fully saturated rings. The van der Waals surface area contributed by atoms with Crippen molar-refractivity contribution in [2.45, 2.75) is 3.92 Å². The lowest BCUT2D eigenvalue weighted by molar-refractivity contribution is 0.961. The second-order valence-electron chi connectivity index (χ2n) is 2.06. The van der Waals surface area contributed by atoms with Crippen LogP contribution >= 0.6 is 22.6 Å². The lowest BCUT2D eigenvalue weighted by atomic mass is 10.3. The van der Waals surface area contributed by atoms with Crippen molar-refractivity contribution in [3.63, 3.8) is 0 Å². The summed E-state index contributed by atoms with van der Waals surface area (Å²) >= 11 is 2.32. The number of hydrogen-bond acceptors (Lipinski definition) is 1. The van der Waals surface area contributed by atoms with Gasteiger partial charge in [0.25, 0.3) is 0 Å².